The van der Waals surface area contributed by atoms with Gasteiger partial charge in [0.2, 0.25) is 10.0 Å². The smallest absolute Gasteiger partial charge is 0.251 e. The fraction of sp³-hybridized carbons (Fsp3) is 0.0588. The van der Waals surface area contributed by atoms with Gasteiger partial charge in [0.15, 0.2) is 0 Å². The summed E-state index contributed by atoms with van der Waals surface area (Å²) in [5.74, 6) is 0.456. The first-order chi connectivity index (χ1) is 11.9. The van der Waals surface area contributed by atoms with Crippen molar-refractivity contribution in [2.24, 2.45) is 5.14 Å². The topological polar surface area (TPSA) is 118 Å². The summed E-state index contributed by atoms with van der Waals surface area (Å²) in [6.45, 7) is 0.273. The number of carbonyl (C=O) groups excluding carboxylic acids is 1. The van der Waals surface area contributed by atoms with Gasteiger partial charge in [-0.05, 0) is 29.8 Å². The molecule has 3 rings (SSSR count). The van der Waals surface area contributed by atoms with Gasteiger partial charge in [-0.3, -0.25) is 4.79 Å². The van der Waals surface area contributed by atoms with E-state index in [0.29, 0.717) is 11.4 Å². The average molecular weight is 356 g/mol. The van der Waals surface area contributed by atoms with Crippen LogP contribution in [0.25, 0.3) is 11.4 Å². The number of benzene rings is 2. The van der Waals surface area contributed by atoms with Crippen molar-refractivity contribution in [2.75, 3.05) is 0 Å². The van der Waals surface area contributed by atoms with E-state index in [2.05, 4.69) is 15.3 Å². The lowest BCUT2D eigenvalue weighted by atomic mass is 10.1. The quantitative estimate of drug-likeness (QED) is 0.644. The number of hydrogen-bond donors (Lipinski definition) is 3. The summed E-state index contributed by atoms with van der Waals surface area (Å²) in [7, 11) is -3.72. The zero-order valence-electron chi connectivity index (χ0n) is 13.1. The van der Waals surface area contributed by atoms with Gasteiger partial charge < -0.3 is 10.3 Å². The molecule has 1 heterocycles. The van der Waals surface area contributed by atoms with E-state index >= 15 is 0 Å². The highest BCUT2D eigenvalue weighted by molar-refractivity contribution is 7.89. The van der Waals surface area contributed by atoms with E-state index in [4.69, 9.17) is 5.14 Å². The largest absolute Gasteiger partial charge is 0.348 e. The molecule has 3 aromatic rings. The molecule has 2 aromatic carbocycles. The number of amides is 1. The fourth-order valence-corrected chi connectivity index (χ4v) is 2.83. The van der Waals surface area contributed by atoms with Gasteiger partial charge in [0.1, 0.15) is 5.82 Å². The van der Waals surface area contributed by atoms with Crippen LogP contribution in [0.15, 0.2) is 65.8 Å². The summed E-state index contributed by atoms with van der Waals surface area (Å²) in [6, 6.07) is 13.2. The van der Waals surface area contributed by atoms with Crippen LogP contribution in [0, 0.1) is 0 Å². The van der Waals surface area contributed by atoms with Crippen LogP contribution in [0.2, 0.25) is 0 Å². The molecule has 1 amide bonds. The van der Waals surface area contributed by atoms with Crippen molar-refractivity contribution in [2.45, 2.75) is 11.4 Å². The molecule has 8 heteroatoms. The monoisotopic (exact) mass is 356 g/mol. The summed E-state index contributed by atoms with van der Waals surface area (Å²) in [4.78, 5) is 19.5. The second kappa shape index (κ2) is 6.88. The number of rotatable bonds is 5. The molecule has 7 nitrogen and oxygen atoms in total. The summed E-state index contributed by atoms with van der Waals surface area (Å²) in [6.07, 6.45) is 3.36. The third-order valence-electron chi connectivity index (χ3n) is 3.60. The molecular weight excluding hydrogens is 340 g/mol. The van der Waals surface area contributed by atoms with Crippen molar-refractivity contribution in [1.29, 1.82) is 0 Å². The zero-order chi connectivity index (χ0) is 17.9. The SMILES string of the molecule is NS(=O)(=O)c1ccc(CNC(=O)c2cccc(-c3ncc[nH]3)c2)cc1. The van der Waals surface area contributed by atoms with Crippen molar-refractivity contribution < 1.29 is 13.2 Å². The van der Waals surface area contributed by atoms with E-state index in [9.17, 15) is 13.2 Å². The van der Waals surface area contributed by atoms with Crippen LogP contribution in [0.4, 0.5) is 0 Å². The van der Waals surface area contributed by atoms with Crippen molar-refractivity contribution >= 4 is 15.9 Å². The third-order valence-corrected chi connectivity index (χ3v) is 4.53. The maximum absolute atomic E-state index is 12.3. The zero-order valence-corrected chi connectivity index (χ0v) is 14.0. The highest BCUT2D eigenvalue weighted by Gasteiger charge is 2.09. The predicted molar refractivity (Wildman–Crippen MR) is 93.0 cm³/mol. The Balaban J connectivity index is 1.68. The highest BCUT2D eigenvalue weighted by Crippen LogP contribution is 2.16. The molecule has 128 valence electrons. The predicted octanol–water partition coefficient (Wildman–Crippen LogP) is 1.65. The number of nitrogens with zero attached hydrogens (tertiary/aromatic N) is 1. The van der Waals surface area contributed by atoms with E-state index in [1.165, 1.54) is 12.1 Å². The van der Waals surface area contributed by atoms with Crippen molar-refractivity contribution in [3.05, 3.63) is 72.1 Å². The number of hydrogen-bond acceptors (Lipinski definition) is 4. The molecule has 0 saturated carbocycles. The number of primary sulfonamides is 1. The minimum absolute atomic E-state index is 0.0359. The molecule has 25 heavy (non-hydrogen) atoms. The molecule has 0 aliphatic carbocycles. The van der Waals surface area contributed by atoms with Gasteiger partial charge in [0, 0.05) is 30.1 Å². The normalized spacial score (nSPS) is 11.2. The Hall–Kier alpha value is -2.97. The van der Waals surface area contributed by atoms with E-state index in [1.54, 1.807) is 42.7 Å². The molecule has 0 radical (unpaired) electrons. The average Bonchev–Trinajstić information content (AvgIpc) is 3.14. The first-order valence-corrected chi connectivity index (χ1v) is 8.98. The van der Waals surface area contributed by atoms with Crippen LogP contribution in [0.1, 0.15) is 15.9 Å². The first-order valence-electron chi connectivity index (χ1n) is 7.43. The van der Waals surface area contributed by atoms with Crippen LogP contribution in [0.5, 0.6) is 0 Å². The lowest BCUT2D eigenvalue weighted by Crippen LogP contribution is -2.22. The highest BCUT2D eigenvalue weighted by atomic mass is 32.2. The summed E-state index contributed by atoms with van der Waals surface area (Å²) in [5, 5.41) is 7.85. The number of aromatic nitrogens is 2. The van der Waals surface area contributed by atoms with E-state index in [1.807, 2.05) is 6.07 Å². The maximum Gasteiger partial charge on any atom is 0.251 e. The Morgan fingerprint density at radius 3 is 2.56 bits per heavy atom. The Bertz CT molecular complexity index is 981. The van der Waals surface area contributed by atoms with E-state index < -0.39 is 10.0 Å². The molecule has 0 unspecified atom stereocenters. The molecule has 0 bridgehead atoms. The molecule has 0 fully saturated rings. The van der Waals surface area contributed by atoms with E-state index in [0.717, 1.165) is 11.1 Å². The number of sulfonamides is 1. The van der Waals surface area contributed by atoms with Gasteiger partial charge >= 0.3 is 0 Å². The minimum atomic E-state index is -3.72. The Morgan fingerprint density at radius 2 is 1.92 bits per heavy atom. The molecular formula is C17H16N4O3S. The molecule has 4 N–H and O–H groups in total. The van der Waals surface area contributed by atoms with Gasteiger partial charge in [-0.2, -0.15) is 0 Å². The summed E-state index contributed by atoms with van der Waals surface area (Å²) in [5.41, 5.74) is 2.09. The van der Waals surface area contributed by atoms with Crippen LogP contribution in [-0.4, -0.2) is 24.3 Å². The van der Waals surface area contributed by atoms with Gasteiger partial charge in [-0.25, -0.2) is 18.5 Å². The Kier molecular flexibility index (Phi) is 4.64. The molecule has 0 aliphatic heterocycles. The fourth-order valence-electron chi connectivity index (χ4n) is 2.31. The number of carbonyl (C=O) groups is 1. The number of nitrogens with one attached hydrogen (secondary N) is 2. The van der Waals surface area contributed by atoms with Gasteiger partial charge in [0.05, 0.1) is 4.90 Å². The van der Waals surface area contributed by atoms with Crippen LogP contribution in [-0.2, 0) is 16.6 Å². The Morgan fingerprint density at radius 1 is 1.16 bits per heavy atom. The number of aromatic amines is 1. The van der Waals surface area contributed by atoms with Crippen molar-refractivity contribution in [1.82, 2.24) is 15.3 Å². The van der Waals surface area contributed by atoms with Crippen LogP contribution >= 0.6 is 0 Å². The number of imidazole rings is 1. The van der Waals surface area contributed by atoms with Gasteiger partial charge in [-0.1, -0.05) is 24.3 Å². The van der Waals surface area contributed by atoms with Crippen LogP contribution < -0.4 is 10.5 Å². The summed E-state index contributed by atoms with van der Waals surface area (Å²) < 4.78 is 22.5. The van der Waals surface area contributed by atoms with E-state index in [-0.39, 0.29) is 17.3 Å². The molecule has 0 atom stereocenters. The van der Waals surface area contributed by atoms with Gasteiger partial charge in [0.25, 0.3) is 5.91 Å². The maximum atomic E-state index is 12.3. The third kappa shape index (κ3) is 4.11. The molecule has 1 aromatic heterocycles. The summed E-state index contributed by atoms with van der Waals surface area (Å²) >= 11 is 0. The lowest BCUT2D eigenvalue weighted by molar-refractivity contribution is 0.0951. The Labute approximate surface area is 145 Å². The molecule has 0 aliphatic rings. The minimum Gasteiger partial charge on any atom is -0.348 e. The van der Waals surface area contributed by atoms with Crippen LogP contribution in [0.3, 0.4) is 0 Å². The molecule has 0 saturated heterocycles. The van der Waals surface area contributed by atoms with Gasteiger partial charge in [-0.15, -0.1) is 0 Å². The second-order valence-corrected chi connectivity index (χ2v) is 6.95. The lowest BCUT2D eigenvalue weighted by Gasteiger charge is -2.07. The first kappa shape index (κ1) is 16.9. The number of nitrogens with two attached hydrogens (primary N) is 1. The second-order valence-electron chi connectivity index (χ2n) is 5.39. The van der Waals surface area contributed by atoms with Crippen molar-refractivity contribution in [3.63, 3.8) is 0 Å². The molecule has 0 spiro atoms. The van der Waals surface area contributed by atoms with Crippen molar-refractivity contribution in [3.8, 4) is 11.4 Å². The number of H-pyrrole nitrogens is 1. The standard InChI is InChI=1S/C17H16N4O3S/c18-25(23,24)15-6-4-12(5-7-15)11-21-17(22)14-3-1-2-13(10-14)16-19-8-9-20-16/h1-10H,11H2,(H,19,20)(H,21,22)(H2,18,23,24).